The molecule has 0 atom stereocenters. The second kappa shape index (κ2) is 8.20. The Morgan fingerprint density at radius 2 is 1.71 bits per heavy atom. The average Bonchev–Trinajstić information content (AvgIpc) is 2.60. The molecule has 0 aliphatic carbocycles. The third-order valence-corrected chi connectivity index (χ3v) is 3.54. The molecule has 0 bridgehead atoms. The van der Waals surface area contributed by atoms with Crippen molar-refractivity contribution in [3.05, 3.63) is 59.2 Å². The van der Waals surface area contributed by atoms with E-state index >= 15 is 0 Å². The van der Waals surface area contributed by atoms with Gasteiger partial charge >= 0.3 is 0 Å². The quantitative estimate of drug-likeness (QED) is 0.562. The summed E-state index contributed by atoms with van der Waals surface area (Å²) in [4.78, 5) is 12.5. The van der Waals surface area contributed by atoms with Crippen LogP contribution in [0.25, 0.3) is 6.08 Å². The van der Waals surface area contributed by atoms with Gasteiger partial charge in [0.1, 0.15) is 5.75 Å². The van der Waals surface area contributed by atoms with Gasteiger partial charge < -0.3 is 14.2 Å². The molecule has 0 unspecified atom stereocenters. The van der Waals surface area contributed by atoms with Crippen molar-refractivity contribution in [2.24, 2.45) is 0 Å². The fraction of sp³-hybridized carbons (Fsp3) is 0.250. The normalized spacial score (nSPS) is 10.7. The van der Waals surface area contributed by atoms with Gasteiger partial charge in [0, 0.05) is 0 Å². The SMILES string of the molecule is CCOc1ccc(/C=C/C(=O)c2cc(C)ccc2OC)cc1OC. The van der Waals surface area contributed by atoms with Crippen LogP contribution in [0.3, 0.4) is 0 Å². The van der Waals surface area contributed by atoms with Crippen molar-refractivity contribution in [3.63, 3.8) is 0 Å². The van der Waals surface area contributed by atoms with Crippen molar-refractivity contribution >= 4 is 11.9 Å². The lowest BCUT2D eigenvalue weighted by atomic mass is 10.1. The molecule has 0 aromatic heterocycles. The number of aryl methyl sites for hydroxylation is 1. The number of carbonyl (C=O) groups excluding carboxylic acids is 1. The molecule has 2 aromatic carbocycles. The highest BCUT2D eigenvalue weighted by atomic mass is 16.5. The number of allylic oxidation sites excluding steroid dienone is 1. The van der Waals surface area contributed by atoms with Gasteiger partial charge in [0.15, 0.2) is 17.3 Å². The number of rotatable bonds is 7. The van der Waals surface area contributed by atoms with Gasteiger partial charge in [-0.25, -0.2) is 0 Å². The predicted octanol–water partition coefficient (Wildman–Crippen LogP) is 4.31. The molecule has 0 N–H and O–H groups in total. The molecular formula is C20H22O4. The molecule has 0 heterocycles. The second-order valence-corrected chi connectivity index (χ2v) is 5.24. The molecule has 0 aliphatic heterocycles. The van der Waals surface area contributed by atoms with Crippen LogP contribution in [0.15, 0.2) is 42.5 Å². The molecule has 24 heavy (non-hydrogen) atoms. The fourth-order valence-electron chi connectivity index (χ4n) is 2.34. The van der Waals surface area contributed by atoms with E-state index in [1.165, 1.54) is 6.08 Å². The first-order valence-corrected chi connectivity index (χ1v) is 7.77. The maximum atomic E-state index is 12.5. The number of ether oxygens (including phenoxy) is 3. The van der Waals surface area contributed by atoms with Gasteiger partial charge in [-0.3, -0.25) is 4.79 Å². The van der Waals surface area contributed by atoms with E-state index in [1.54, 1.807) is 26.4 Å². The van der Waals surface area contributed by atoms with Crippen LogP contribution in [-0.4, -0.2) is 26.6 Å². The summed E-state index contributed by atoms with van der Waals surface area (Å²) in [5, 5.41) is 0. The van der Waals surface area contributed by atoms with E-state index in [1.807, 2.05) is 44.2 Å². The van der Waals surface area contributed by atoms with Gasteiger partial charge in [0.25, 0.3) is 0 Å². The number of methoxy groups -OCH3 is 2. The third kappa shape index (κ3) is 4.16. The van der Waals surface area contributed by atoms with Gasteiger partial charge in [0.2, 0.25) is 0 Å². The second-order valence-electron chi connectivity index (χ2n) is 5.24. The summed E-state index contributed by atoms with van der Waals surface area (Å²) >= 11 is 0. The Hall–Kier alpha value is -2.75. The molecular weight excluding hydrogens is 304 g/mol. The molecule has 0 saturated heterocycles. The zero-order valence-electron chi connectivity index (χ0n) is 14.5. The van der Waals surface area contributed by atoms with Crippen LogP contribution < -0.4 is 14.2 Å². The highest BCUT2D eigenvalue weighted by Gasteiger charge is 2.10. The average molecular weight is 326 g/mol. The van der Waals surface area contributed by atoms with Crippen molar-refractivity contribution in [2.75, 3.05) is 20.8 Å². The standard InChI is InChI=1S/C20H22O4/c1-5-24-19-11-8-15(13-20(19)23-4)7-9-17(21)16-12-14(2)6-10-18(16)22-3/h6-13H,5H2,1-4H3/b9-7+. The van der Waals surface area contributed by atoms with Crippen molar-refractivity contribution in [1.29, 1.82) is 0 Å². The molecule has 0 aliphatic rings. The van der Waals surface area contributed by atoms with Crippen LogP contribution in [0.5, 0.6) is 17.2 Å². The minimum atomic E-state index is -0.108. The first kappa shape index (κ1) is 17.6. The Bertz CT molecular complexity index is 747. The maximum Gasteiger partial charge on any atom is 0.189 e. The summed E-state index contributed by atoms with van der Waals surface area (Å²) in [6, 6.07) is 11.1. The predicted molar refractivity (Wildman–Crippen MR) is 95.3 cm³/mol. The molecule has 126 valence electrons. The molecule has 0 radical (unpaired) electrons. The summed E-state index contributed by atoms with van der Waals surface area (Å²) < 4.78 is 16.1. The van der Waals surface area contributed by atoms with E-state index in [-0.39, 0.29) is 5.78 Å². The number of benzene rings is 2. The fourth-order valence-corrected chi connectivity index (χ4v) is 2.34. The van der Waals surface area contributed by atoms with Gasteiger partial charge in [-0.15, -0.1) is 0 Å². The third-order valence-electron chi connectivity index (χ3n) is 3.54. The zero-order chi connectivity index (χ0) is 17.5. The van der Waals surface area contributed by atoms with Crippen LogP contribution in [0.4, 0.5) is 0 Å². The first-order valence-electron chi connectivity index (χ1n) is 7.77. The maximum absolute atomic E-state index is 12.5. The van der Waals surface area contributed by atoms with E-state index < -0.39 is 0 Å². The van der Waals surface area contributed by atoms with E-state index in [9.17, 15) is 4.79 Å². The topological polar surface area (TPSA) is 44.8 Å². The Morgan fingerprint density at radius 3 is 2.38 bits per heavy atom. The number of carbonyl (C=O) groups is 1. The Kier molecular flexibility index (Phi) is 6.01. The molecule has 4 nitrogen and oxygen atoms in total. The zero-order valence-corrected chi connectivity index (χ0v) is 14.5. The molecule has 2 rings (SSSR count). The van der Waals surface area contributed by atoms with Crippen LogP contribution in [0.1, 0.15) is 28.4 Å². The van der Waals surface area contributed by atoms with Crippen LogP contribution in [0.2, 0.25) is 0 Å². The van der Waals surface area contributed by atoms with E-state index in [0.717, 1.165) is 11.1 Å². The highest BCUT2D eigenvalue weighted by Crippen LogP contribution is 2.28. The number of ketones is 1. The minimum Gasteiger partial charge on any atom is -0.496 e. The molecule has 4 heteroatoms. The smallest absolute Gasteiger partial charge is 0.189 e. The van der Waals surface area contributed by atoms with E-state index in [0.29, 0.717) is 29.4 Å². The van der Waals surface area contributed by atoms with Crippen molar-refractivity contribution in [3.8, 4) is 17.2 Å². The minimum absolute atomic E-state index is 0.108. The van der Waals surface area contributed by atoms with Crippen molar-refractivity contribution in [1.82, 2.24) is 0 Å². The molecule has 0 saturated carbocycles. The molecule has 0 spiro atoms. The van der Waals surface area contributed by atoms with Gasteiger partial charge in [-0.2, -0.15) is 0 Å². The van der Waals surface area contributed by atoms with E-state index in [4.69, 9.17) is 14.2 Å². The first-order chi connectivity index (χ1) is 11.6. The van der Waals surface area contributed by atoms with Gasteiger partial charge in [-0.05, 0) is 49.8 Å². The number of hydrogen-bond donors (Lipinski definition) is 0. The lowest BCUT2D eigenvalue weighted by molar-refractivity contribution is 0.104. The van der Waals surface area contributed by atoms with Crippen LogP contribution >= 0.6 is 0 Å². The summed E-state index contributed by atoms with van der Waals surface area (Å²) in [5.74, 6) is 1.78. The molecule has 2 aromatic rings. The van der Waals surface area contributed by atoms with E-state index in [2.05, 4.69) is 0 Å². The lowest BCUT2D eigenvalue weighted by Crippen LogP contribution is -1.99. The Labute approximate surface area is 142 Å². The summed E-state index contributed by atoms with van der Waals surface area (Å²) in [5.41, 5.74) is 2.41. The van der Waals surface area contributed by atoms with Crippen molar-refractivity contribution < 1.29 is 19.0 Å². The van der Waals surface area contributed by atoms with Crippen molar-refractivity contribution in [2.45, 2.75) is 13.8 Å². The Morgan fingerprint density at radius 1 is 1.00 bits per heavy atom. The van der Waals surface area contributed by atoms with Gasteiger partial charge in [-0.1, -0.05) is 23.8 Å². The number of hydrogen-bond acceptors (Lipinski definition) is 4. The molecule has 0 fully saturated rings. The highest BCUT2D eigenvalue weighted by molar-refractivity contribution is 6.08. The largest absolute Gasteiger partial charge is 0.496 e. The Balaban J connectivity index is 2.24. The van der Waals surface area contributed by atoms with Crippen LogP contribution in [0, 0.1) is 6.92 Å². The lowest BCUT2D eigenvalue weighted by Gasteiger charge is -2.09. The monoisotopic (exact) mass is 326 g/mol. The van der Waals surface area contributed by atoms with Gasteiger partial charge in [0.05, 0.1) is 26.4 Å². The molecule has 0 amide bonds. The summed E-state index contributed by atoms with van der Waals surface area (Å²) in [6.07, 6.45) is 3.29. The summed E-state index contributed by atoms with van der Waals surface area (Å²) in [6.45, 7) is 4.43. The van der Waals surface area contributed by atoms with Crippen LogP contribution in [-0.2, 0) is 0 Å². The summed E-state index contributed by atoms with van der Waals surface area (Å²) in [7, 11) is 3.15.